The molecule has 5 aromatic rings. The fourth-order valence-corrected chi connectivity index (χ4v) is 3.84. The lowest BCUT2D eigenvalue weighted by Gasteiger charge is -2.09. The summed E-state index contributed by atoms with van der Waals surface area (Å²) in [6.45, 7) is 0. The first-order valence-electron chi connectivity index (χ1n) is 10.6. The number of alkyl halides is 3. The largest absolute Gasteiger partial charge is 0.522 e. The lowest BCUT2D eigenvalue weighted by molar-refractivity contribution is -0.0510. The normalized spacial score (nSPS) is 11.7. The van der Waals surface area contributed by atoms with Gasteiger partial charge in [0.2, 0.25) is 0 Å². The summed E-state index contributed by atoms with van der Waals surface area (Å²) in [6, 6.07) is 34.7. The molecule has 0 aliphatic heterocycles. The highest BCUT2D eigenvalue weighted by Gasteiger charge is 2.44. The molecule has 184 valence electrons. The molecule has 0 unspecified atom stereocenters. The van der Waals surface area contributed by atoms with Crippen LogP contribution < -0.4 is 0 Å². The number of aromatic nitrogens is 1. The maximum atomic E-state index is 10.7. The average Bonchev–Trinajstić information content (AvgIpc) is 3.24. The Morgan fingerprint density at radius 3 is 1.72 bits per heavy atom. The zero-order valence-electron chi connectivity index (χ0n) is 18.6. The highest BCUT2D eigenvalue weighted by molar-refractivity contribution is 7.86. The van der Waals surface area contributed by atoms with Crippen LogP contribution in [0, 0.1) is 0 Å². The molecule has 0 amide bonds. The molecular formula is C27H20F3NO4S. The minimum Gasteiger partial charge on any atom is -0.508 e. The molecule has 0 aliphatic rings. The van der Waals surface area contributed by atoms with Crippen LogP contribution in [0.25, 0.3) is 44.4 Å². The average molecular weight is 512 g/mol. The van der Waals surface area contributed by atoms with Gasteiger partial charge >= 0.3 is 15.6 Å². The molecule has 1 heterocycles. The predicted octanol–water partition coefficient (Wildman–Crippen LogP) is 7.27. The molecular weight excluding hydrogens is 491 g/mol. The van der Waals surface area contributed by atoms with Gasteiger partial charge in [0.15, 0.2) is 0 Å². The zero-order chi connectivity index (χ0) is 25.9. The number of rotatable bonds is 3. The van der Waals surface area contributed by atoms with Crippen molar-refractivity contribution in [3.8, 4) is 39.3 Å². The fourth-order valence-electron chi connectivity index (χ4n) is 3.84. The highest BCUT2D eigenvalue weighted by Crippen LogP contribution is 2.42. The summed E-state index contributed by atoms with van der Waals surface area (Å²) in [6.07, 6.45) is 0. The SMILES string of the molecule is O=S(=O)(O)C(F)(F)F.Oc1ccc(-c2[nH]c3cccc(-c4ccccc4)c3c2-c2ccccc2)cc1. The summed E-state index contributed by atoms with van der Waals surface area (Å²) < 4.78 is 57.5. The molecule has 5 nitrogen and oxygen atoms in total. The van der Waals surface area contributed by atoms with Gasteiger partial charge in [-0.1, -0.05) is 72.8 Å². The lowest BCUT2D eigenvalue weighted by atomic mass is 9.93. The standard InChI is InChI=1S/C26H19NO.CHF3O3S/c28-21-16-14-20(15-17-21)26-24(19-10-5-2-6-11-19)25-22(12-7-13-23(25)27-26)18-8-3-1-4-9-18;2-1(3,4)8(5,6)7/h1-17,27-28H;(H,5,6,7). The number of aromatic hydroxyl groups is 1. The van der Waals surface area contributed by atoms with Gasteiger partial charge in [-0.15, -0.1) is 0 Å². The molecule has 36 heavy (non-hydrogen) atoms. The van der Waals surface area contributed by atoms with Crippen LogP contribution in [0.5, 0.6) is 5.75 Å². The van der Waals surface area contributed by atoms with Crippen molar-refractivity contribution in [2.45, 2.75) is 5.51 Å². The zero-order valence-corrected chi connectivity index (χ0v) is 19.4. The smallest absolute Gasteiger partial charge is 0.508 e. The monoisotopic (exact) mass is 511 g/mol. The molecule has 0 saturated heterocycles. The van der Waals surface area contributed by atoms with Crippen LogP contribution in [-0.2, 0) is 10.1 Å². The van der Waals surface area contributed by atoms with Crippen molar-refractivity contribution in [1.29, 1.82) is 0 Å². The summed E-state index contributed by atoms with van der Waals surface area (Å²) in [5, 5.41) is 10.9. The third kappa shape index (κ3) is 5.27. The third-order valence-electron chi connectivity index (χ3n) is 5.42. The number of aromatic amines is 1. The van der Waals surface area contributed by atoms with Crippen LogP contribution in [0.1, 0.15) is 0 Å². The molecule has 3 N–H and O–H groups in total. The first kappa shape index (κ1) is 25.0. The van der Waals surface area contributed by atoms with E-state index in [1.807, 2.05) is 24.3 Å². The van der Waals surface area contributed by atoms with Gasteiger partial charge in [-0.3, -0.25) is 4.55 Å². The Balaban J connectivity index is 0.000000331. The fraction of sp³-hybridized carbons (Fsp3) is 0.0370. The predicted molar refractivity (Wildman–Crippen MR) is 134 cm³/mol. The van der Waals surface area contributed by atoms with E-state index in [1.54, 1.807) is 12.1 Å². The van der Waals surface area contributed by atoms with Crippen LogP contribution in [0.4, 0.5) is 13.2 Å². The van der Waals surface area contributed by atoms with E-state index < -0.39 is 15.6 Å². The molecule has 0 saturated carbocycles. The third-order valence-corrected chi connectivity index (χ3v) is 6.00. The Kier molecular flexibility index (Phi) is 6.87. The Morgan fingerprint density at radius 1 is 0.667 bits per heavy atom. The number of fused-ring (bicyclic) bond motifs is 1. The highest BCUT2D eigenvalue weighted by atomic mass is 32.2. The Morgan fingerprint density at radius 2 is 1.19 bits per heavy atom. The van der Waals surface area contributed by atoms with E-state index in [1.165, 1.54) is 27.6 Å². The first-order chi connectivity index (χ1) is 17.1. The quantitative estimate of drug-likeness (QED) is 0.176. The van der Waals surface area contributed by atoms with Gasteiger partial charge in [-0.25, -0.2) is 0 Å². The van der Waals surface area contributed by atoms with Crippen LogP contribution in [-0.4, -0.2) is 28.6 Å². The van der Waals surface area contributed by atoms with Gasteiger partial charge in [-0.2, -0.15) is 21.6 Å². The van der Waals surface area contributed by atoms with Crippen LogP contribution in [0.3, 0.4) is 0 Å². The van der Waals surface area contributed by atoms with E-state index in [4.69, 9.17) is 13.0 Å². The second-order valence-corrected chi connectivity index (χ2v) is 9.22. The van der Waals surface area contributed by atoms with Crippen LogP contribution in [0.2, 0.25) is 0 Å². The molecule has 4 aromatic carbocycles. The topological polar surface area (TPSA) is 90.4 Å². The Labute approximate surface area is 205 Å². The molecule has 9 heteroatoms. The second-order valence-electron chi connectivity index (χ2n) is 7.80. The van der Waals surface area contributed by atoms with Gasteiger partial charge in [0, 0.05) is 16.5 Å². The van der Waals surface area contributed by atoms with Gasteiger partial charge in [0.05, 0.1) is 5.69 Å². The minimum absolute atomic E-state index is 0.270. The number of phenols is 1. The Bertz CT molecular complexity index is 1580. The first-order valence-corrected chi connectivity index (χ1v) is 12.1. The lowest BCUT2D eigenvalue weighted by Crippen LogP contribution is -2.21. The molecule has 0 aliphatic carbocycles. The molecule has 0 fully saturated rings. The minimum atomic E-state index is -5.84. The molecule has 0 bridgehead atoms. The second kappa shape index (κ2) is 9.88. The van der Waals surface area contributed by atoms with Gasteiger partial charge in [-0.05, 0) is 52.6 Å². The number of H-pyrrole nitrogens is 1. The van der Waals surface area contributed by atoms with Crippen molar-refractivity contribution in [2.75, 3.05) is 0 Å². The maximum Gasteiger partial charge on any atom is 0.522 e. The number of hydrogen-bond donors (Lipinski definition) is 3. The number of benzene rings is 4. The van der Waals surface area contributed by atoms with E-state index in [9.17, 15) is 18.3 Å². The van der Waals surface area contributed by atoms with Crippen molar-refractivity contribution >= 4 is 21.0 Å². The van der Waals surface area contributed by atoms with Crippen molar-refractivity contribution in [3.05, 3.63) is 103 Å². The van der Waals surface area contributed by atoms with E-state index in [0.29, 0.717) is 0 Å². The maximum absolute atomic E-state index is 10.7. The van der Waals surface area contributed by atoms with Crippen LogP contribution in [0.15, 0.2) is 103 Å². The van der Waals surface area contributed by atoms with Crippen molar-refractivity contribution in [1.82, 2.24) is 4.98 Å². The summed E-state index contributed by atoms with van der Waals surface area (Å²) in [5.41, 5.74) is 2.42. The molecule has 5 rings (SSSR count). The molecule has 0 atom stereocenters. The van der Waals surface area contributed by atoms with E-state index in [2.05, 4.69) is 71.7 Å². The molecule has 0 spiro atoms. The number of phenolic OH excluding ortho intramolecular Hbond substituents is 1. The van der Waals surface area contributed by atoms with Gasteiger partial charge in [0.25, 0.3) is 0 Å². The molecule has 0 radical (unpaired) electrons. The van der Waals surface area contributed by atoms with Crippen molar-refractivity contribution in [2.24, 2.45) is 0 Å². The van der Waals surface area contributed by atoms with Crippen molar-refractivity contribution < 1.29 is 31.2 Å². The number of halogens is 3. The summed E-state index contributed by atoms with van der Waals surface area (Å²) >= 11 is 0. The van der Waals surface area contributed by atoms with E-state index in [-0.39, 0.29) is 5.75 Å². The number of nitrogens with one attached hydrogen (secondary N) is 1. The number of hydrogen-bond acceptors (Lipinski definition) is 3. The summed E-state index contributed by atoms with van der Waals surface area (Å²) in [7, 11) is -5.84. The summed E-state index contributed by atoms with van der Waals surface area (Å²) in [4.78, 5) is 3.63. The van der Waals surface area contributed by atoms with Crippen molar-refractivity contribution in [3.63, 3.8) is 0 Å². The molecule has 1 aromatic heterocycles. The van der Waals surface area contributed by atoms with Crippen LogP contribution >= 0.6 is 0 Å². The van der Waals surface area contributed by atoms with Gasteiger partial charge in [0.1, 0.15) is 5.75 Å². The van der Waals surface area contributed by atoms with E-state index >= 15 is 0 Å². The van der Waals surface area contributed by atoms with E-state index in [0.717, 1.165) is 16.8 Å². The summed E-state index contributed by atoms with van der Waals surface area (Å²) in [5.74, 6) is 0.270. The Hall–Kier alpha value is -4.08. The van der Waals surface area contributed by atoms with Gasteiger partial charge < -0.3 is 10.1 Å².